The van der Waals surface area contributed by atoms with Gasteiger partial charge in [0, 0.05) is 24.9 Å². The number of benzene rings is 1. The third kappa shape index (κ3) is 3.91. The van der Waals surface area contributed by atoms with Crippen LogP contribution in [0.2, 0.25) is 0 Å². The summed E-state index contributed by atoms with van der Waals surface area (Å²) in [6, 6.07) is 11.0. The van der Waals surface area contributed by atoms with Crippen LogP contribution in [0, 0.1) is 6.92 Å². The molecule has 0 radical (unpaired) electrons. The molecule has 0 amide bonds. The molecule has 0 unspecified atom stereocenters. The number of aromatic nitrogens is 1. The quantitative estimate of drug-likeness (QED) is 0.865. The van der Waals surface area contributed by atoms with Crippen LogP contribution in [0.25, 0.3) is 0 Å². The molecule has 0 aliphatic heterocycles. The van der Waals surface area contributed by atoms with Crippen LogP contribution >= 0.6 is 0 Å². The van der Waals surface area contributed by atoms with Gasteiger partial charge < -0.3 is 5.32 Å². The maximum atomic E-state index is 4.58. The molecule has 1 aromatic heterocycles. The third-order valence-corrected chi connectivity index (χ3v) is 3.59. The fourth-order valence-electron chi connectivity index (χ4n) is 2.32. The SMILES string of the molecule is CCNCc1ccc(C)cc1Cc1ccc(CC)cn1. The van der Waals surface area contributed by atoms with Crippen molar-refractivity contribution in [3.63, 3.8) is 0 Å². The molecule has 2 aromatic rings. The molecule has 106 valence electrons. The smallest absolute Gasteiger partial charge is 0.0447 e. The predicted molar refractivity (Wildman–Crippen MR) is 85.0 cm³/mol. The van der Waals surface area contributed by atoms with E-state index in [0.717, 1.165) is 31.6 Å². The molecule has 2 heteroatoms. The lowest BCUT2D eigenvalue weighted by molar-refractivity contribution is 0.721. The van der Waals surface area contributed by atoms with E-state index in [2.05, 4.69) is 61.4 Å². The summed E-state index contributed by atoms with van der Waals surface area (Å²) in [7, 11) is 0. The number of hydrogen-bond donors (Lipinski definition) is 1. The summed E-state index contributed by atoms with van der Waals surface area (Å²) in [5.41, 5.74) is 6.50. The average Bonchev–Trinajstić information content (AvgIpc) is 2.47. The second-order valence-electron chi connectivity index (χ2n) is 5.24. The maximum absolute atomic E-state index is 4.58. The van der Waals surface area contributed by atoms with Gasteiger partial charge in [0.25, 0.3) is 0 Å². The molecule has 1 aromatic carbocycles. The van der Waals surface area contributed by atoms with E-state index in [-0.39, 0.29) is 0 Å². The second-order valence-corrected chi connectivity index (χ2v) is 5.24. The Kier molecular flexibility index (Phi) is 5.31. The Hall–Kier alpha value is -1.67. The van der Waals surface area contributed by atoms with Crippen LogP contribution in [0.1, 0.15) is 41.8 Å². The minimum atomic E-state index is 0.909. The Bertz CT molecular complexity index is 544. The Balaban J connectivity index is 2.19. The highest BCUT2D eigenvalue weighted by Gasteiger charge is 2.05. The molecule has 1 heterocycles. The van der Waals surface area contributed by atoms with E-state index in [4.69, 9.17) is 0 Å². The number of pyridine rings is 1. The Morgan fingerprint density at radius 1 is 1.05 bits per heavy atom. The zero-order chi connectivity index (χ0) is 14.4. The molecular weight excluding hydrogens is 244 g/mol. The van der Waals surface area contributed by atoms with E-state index in [1.807, 2.05) is 6.20 Å². The molecule has 0 aliphatic carbocycles. The first-order valence-corrected chi connectivity index (χ1v) is 7.45. The third-order valence-electron chi connectivity index (χ3n) is 3.59. The van der Waals surface area contributed by atoms with Crippen molar-refractivity contribution in [3.05, 3.63) is 64.5 Å². The number of aryl methyl sites for hydroxylation is 2. The molecule has 0 spiro atoms. The van der Waals surface area contributed by atoms with Crippen molar-refractivity contribution in [2.24, 2.45) is 0 Å². The summed E-state index contributed by atoms with van der Waals surface area (Å²) in [4.78, 5) is 4.58. The van der Waals surface area contributed by atoms with E-state index < -0.39 is 0 Å². The van der Waals surface area contributed by atoms with Crippen molar-refractivity contribution in [2.45, 2.75) is 40.2 Å². The Labute approximate surface area is 122 Å². The summed E-state index contributed by atoms with van der Waals surface area (Å²) < 4.78 is 0. The molecule has 0 bridgehead atoms. The van der Waals surface area contributed by atoms with E-state index in [1.165, 1.54) is 22.3 Å². The van der Waals surface area contributed by atoms with Crippen molar-refractivity contribution in [2.75, 3.05) is 6.54 Å². The highest BCUT2D eigenvalue weighted by molar-refractivity contribution is 5.34. The van der Waals surface area contributed by atoms with E-state index in [1.54, 1.807) is 0 Å². The normalized spacial score (nSPS) is 10.8. The molecule has 0 saturated carbocycles. The van der Waals surface area contributed by atoms with Gasteiger partial charge in [-0.25, -0.2) is 0 Å². The number of nitrogens with zero attached hydrogens (tertiary/aromatic N) is 1. The molecule has 2 nitrogen and oxygen atoms in total. The largest absolute Gasteiger partial charge is 0.313 e. The van der Waals surface area contributed by atoms with Gasteiger partial charge in [-0.3, -0.25) is 4.98 Å². The van der Waals surface area contributed by atoms with Crippen molar-refractivity contribution in [3.8, 4) is 0 Å². The highest BCUT2D eigenvalue weighted by atomic mass is 14.8. The number of hydrogen-bond acceptors (Lipinski definition) is 2. The standard InChI is InChI=1S/C18H24N2/c1-4-15-7-9-18(20-12-15)11-17-10-14(3)6-8-16(17)13-19-5-2/h6-10,12,19H,4-5,11,13H2,1-3H3. The molecule has 2 rings (SSSR count). The van der Waals surface area contributed by atoms with Crippen molar-refractivity contribution >= 4 is 0 Å². The Morgan fingerprint density at radius 3 is 2.55 bits per heavy atom. The lowest BCUT2D eigenvalue weighted by Crippen LogP contribution is -2.13. The average molecular weight is 268 g/mol. The summed E-state index contributed by atoms with van der Waals surface area (Å²) in [6.07, 6.45) is 3.95. The molecule has 0 aliphatic rings. The minimum Gasteiger partial charge on any atom is -0.313 e. The summed E-state index contributed by atoms with van der Waals surface area (Å²) in [5, 5.41) is 3.41. The van der Waals surface area contributed by atoms with Crippen LogP contribution < -0.4 is 5.32 Å². The van der Waals surface area contributed by atoms with Gasteiger partial charge in [0.2, 0.25) is 0 Å². The fraction of sp³-hybridized carbons (Fsp3) is 0.389. The van der Waals surface area contributed by atoms with Crippen LogP contribution in [0.15, 0.2) is 36.5 Å². The van der Waals surface area contributed by atoms with E-state index in [9.17, 15) is 0 Å². The number of nitrogens with one attached hydrogen (secondary N) is 1. The monoisotopic (exact) mass is 268 g/mol. The zero-order valence-electron chi connectivity index (χ0n) is 12.7. The van der Waals surface area contributed by atoms with Crippen molar-refractivity contribution in [1.82, 2.24) is 10.3 Å². The highest BCUT2D eigenvalue weighted by Crippen LogP contribution is 2.16. The van der Waals surface area contributed by atoms with Crippen LogP contribution in [0.4, 0.5) is 0 Å². The van der Waals surface area contributed by atoms with Crippen LogP contribution in [-0.4, -0.2) is 11.5 Å². The minimum absolute atomic E-state index is 0.909. The first kappa shape index (κ1) is 14.7. The predicted octanol–water partition coefficient (Wildman–Crippen LogP) is 3.65. The van der Waals surface area contributed by atoms with E-state index in [0.29, 0.717) is 0 Å². The first-order valence-electron chi connectivity index (χ1n) is 7.45. The topological polar surface area (TPSA) is 24.9 Å². The zero-order valence-corrected chi connectivity index (χ0v) is 12.7. The molecule has 1 N–H and O–H groups in total. The van der Waals surface area contributed by atoms with Gasteiger partial charge in [-0.2, -0.15) is 0 Å². The lowest BCUT2D eigenvalue weighted by atomic mass is 9.99. The van der Waals surface area contributed by atoms with Crippen LogP contribution in [0.3, 0.4) is 0 Å². The molecule has 20 heavy (non-hydrogen) atoms. The number of rotatable bonds is 6. The molecular formula is C18H24N2. The van der Waals surface area contributed by atoms with Crippen molar-refractivity contribution < 1.29 is 0 Å². The maximum Gasteiger partial charge on any atom is 0.0447 e. The summed E-state index contributed by atoms with van der Waals surface area (Å²) >= 11 is 0. The molecule has 0 fully saturated rings. The Morgan fingerprint density at radius 2 is 1.90 bits per heavy atom. The van der Waals surface area contributed by atoms with Crippen LogP contribution in [-0.2, 0) is 19.4 Å². The van der Waals surface area contributed by atoms with Gasteiger partial charge in [-0.1, -0.05) is 43.7 Å². The summed E-state index contributed by atoms with van der Waals surface area (Å²) in [6.45, 7) is 8.37. The van der Waals surface area contributed by atoms with E-state index >= 15 is 0 Å². The van der Waals surface area contributed by atoms with Crippen LogP contribution in [0.5, 0.6) is 0 Å². The first-order chi connectivity index (χ1) is 9.72. The second kappa shape index (κ2) is 7.20. The van der Waals surface area contributed by atoms with Gasteiger partial charge >= 0.3 is 0 Å². The molecule has 0 saturated heterocycles. The molecule has 0 atom stereocenters. The van der Waals surface area contributed by atoms with Gasteiger partial charge in [-0.05, 0) is 42.6 Å². The van der Waals surface area contributed by atoms with Gasteiger partial charge in [0.05, 0.1) is 0 Å². The van der Waals surface area contributed by atoms with Gasteiger partial charge in [0.1, 0.15) is 0 Å². The van der Waals surface area contributed by atoms with Gasteiger partial charge in [-0.15, -0.1) is 0 Å². The summed E-state index contributed by atoms with van der Waals surface area (Å²) in [5.74, 6) is 0. The fourth-order valence-corrected chi connectivity index (χ4v) is 2.32. The van der Waals surface area contributed by atoms with Gasteiger partial charge in [0.15, 0.2) is 0 Å². The van der Waals surface area contributed by atoms with Crippen molar-refractivity contribution in [1.29, 1.82) is 0 Å². The lowest BCUT2D eigenvalue weighted by Gasteiger charge is -2.11.